The fourth-order valence-electron chi connectivity index (χ4n) is 2.68. The van der Waals surface area contributed by atoms with Gasteiger partial charge in [-0.3, -0.25) is 4.79 Å². The van der Waals surface area contributed by atoms with Gasteiger partial charge in [0.05, 0.1) is 0 Å². The Labute approximate surface area is 122 Å². The molecule has 6 heteroatoms. The van der Waals surface area contributed by atoms with Crippen molar-refractivity contribution in [2.75, 3.05) is 33.2 Å². The van der Waals surface area contributed by atoms with E-state index < -0.39 is 0 Å². The van der Waals surface area contributed by atoms with Crippen LogP contribution >= 0.6 is 24.8 Å². The Morgan fingerprint density at radius 2 is 2.17 bits per heavy atom. The van der Waals surface area contributed by atoms with Gasteiger partial charge < -0.3 is 15.5 Å². The van der Waals surface area contributed by atoms with Gasteiger partial charge in [0.2, 0.25) is 5.91 Å². The number of amides is 1. The van der Waals surface area contributed by atoms with Crippen LogP contribution in [0.3, 0.4) is 0 Å². The molecule has 2 aliphatic rings. The lowest BCUT2D eigenvalue weighted by atomic mass is 10.1. The first-order valence-electron chi connectivity index (χ1n) is 6.42. The fraction of sp³-hybridized carbons (Fsp3) is 0.917. The van der Waals surface area contributed by atoms with Gasteiger partial charge in [0.15, 0.2) is 0 Å². The molecule has 0 spiro atoms. The summed E-state index contributed by atoms with van der Waals surface area (Å²) in [4.78, 5) is 14.0. The molecule has 2 fully saturated rings. The van der Waals surface area contributed by atoms with E-state index in [4.69, 9.17) is 0 Å². The van der Waals surface area contributed by atoms with Gasteiger partial charge in [-0.05, 0) is 45.3 Å². The van der Waals surface area contributed by atoms with Crippen molar-refractivity contribution in [1.82, 2.24) is 15.5 Å². The monoisotopic (exact) mass is 297 g/mol. The molecule has 0 aromatic rings. The quantitative estimate of drug-likeness (QED) is 0.815. The van der Waals surface area contributed by atoms with Gasteiger partial charge in [-0.1, -0.05) is 0 Å². The molecular weight excluding hydrogens is 273 g/mol. The van der Waals surface area contributed by atoms with Crippen LogP contribution in [0.2, 0.25) is 0 Å². The minimum atomic E-state index is 0. The third-order valence-electron chi connectivity index (χ3n) is 3.67. The molecule has 2 heterocycles. The molecule has 0 aliphatic carbocycles. The van der Waals surface area contributed by atoms with Gasteiger partial charge in [-0.2, -0.15) is 0 Å². The summed E-state index contributed by atoms with van der Waals surface area (Å²) in [6.07, 6.45) is 4.24. The van der Waals surface area contributed by atoms with E-state index in [1.165, 1.54) is 19.4 Å². The minimum absolute atomic E-state index is 0. The van der Waals surface area contributed by atoms with Crippen LogP contribution in [0.25, 0.3) is 0 Å². The van der Waals surface area contributed by atoms with Gasteiger partial charge in [-0.25, -0.2) is 0 Å². The molecule has 2 N–H and O–H groups in total. The Bertz CT molecular complexity index is 247. The number of rotatable bonds is 4. The van der Waals surface area contributed by atoms with Crippen LogP contribution in [0, 0.1) is 5.92 Å². The van der Waals surface area contributed by atoms with Gasteiger partial charge in [0.1, 0.15) is 0 Å². The summed E-state index contributed by atoms with van der Waals surface area (Å²) in [7, 11) is 2.14. The van der Waals surface area contributed by atoms with Crippen molar-refractivity contribution in [2.45, 2.75) is 31.7 Å². The van der Waals surface area contributed by atoms with Crippen LogP contribution in [0.5, 0.6) is 0 Å². The lowest BCUT2D eigenvalue weighted by molar-refractivity contribution is -0.121. The van der Waals surface area contributed by atoms with Crippen molar-refractivity contribution in [3.05, 3.63) is 0 Å². The fourth-order valence-corrected chi connectivity index (χ4v) is 2.68. The highest BCUT2D eigenvalue weighted by Gasteiger charge is 2.21. The topological polar surface area (TPSA) is 44.4 Å². The van der Waals surface area contributed by atoms with Crippen molar-refractivity contribution in [3.63, 3.8) is 0 Å². The van der Waals surface area contributed by atoms with E-state index in [9.17, 15) is 4.79 Å². The Kier molecular flexibility index (Phi) is 8.95. The van der Waals surface area contributed by atoms with Crippen LogP contribution < -0.4 is 10.6 Å². The van der Waals surface area contributed by atoms with Gasteiger partial charge in [-0.15, -0.1) is 24.8 Å². The lowest BCUT2D eigenvalue weighted by Gasteiger charge is -2.13. The lowest BCUT2D eigenvalue weighted by Crippen LogP contribution is -2.35. The Morgan fingerprint density at radius 1 is 1.39 bits per heavy atom. The summed E-state index contributed by atoms with van der Waals surface area (Å²) in [5, 5.41) is 6.42. The zero-order valence-electron chi connectivity index (χ0n) is 11.0. The number of carbonyl (C=O) groups excluding carboxylic acids is 1. The SMILES string of the molecule is CN1CCC(CNC(=O)CC2CCCN2)C1.Cl.Cl. The average Bonchev–Trinajstić information content (AvgIpc) is 2.87. The molecule has 2 saturated heterocycles. The largest absolute Gasteiger partial charge is 0.356 e. The predicted molar refractivity (Wildman–Crippen MR) is 78.8 cm³/mol. The number of nitrogens with zero attached hydrogens (tertiary/aromatic N) is 1. The van der Waals surface area contributed by atoms with Crippen molar-refractivity contribution < 1.29 is 4.79 Å². The molecule has 0 bridgehead atoms. The molecule has 2 atom stereocenters. The van der Waals surface area contributed by atoms with Crippen LogP contribution in [0.15, 0.2) is 0 Å². The van der Waals surface area contributed by atoms with Crippen LogP contribution in [0.4, 0.5) is 0 Å². The minimum Gasteiger partial charge on any atom is -0.356 e. The highest BCUT2D eigenvalue weighted by Crippen LogP contribution is 2.13. The highest BCUT2D eigenvalue weighted by atomic mass is 35.5. The second kappa shape index (κ2) is 8.97. The van der Waals surface area contributed by atoms with Gasteiger partial charge in [0.25, 0.3) is 0 Å². The molecule has 2 unspecified atom stereocenters. The zero-order chi connectivity index (χ0) is 11.4. The van der Waals surface area contributed by atoms with Crippen molar-refractivity contribution in [3.8, 4) is 0 Å². The third-order valence-corrected chi connectivity index (χ3v) is 3.67. The number of hydrogen-bond acceptors (Lipinski definition) is 3. The first kappa shape index (κ1) is 18.0. The standard InChI is InChI=1S/C12H23N3O.2ClH/c1-15-6-4-10(9-15)8-14-12(16)7-11-3-2-5-13-11;;/h10-11,13H,2-9H2,1H3,(H,14,16);2*1H. The Hall–Kier alpha value is -0.0300. The van der Waals surface area contributed by atoms with Crippen LogP contribution in [0.1, 0.15) is 25.7 Å². The molecular formula is C12H25Cl2N3O. The highest BCUT2D eigenvalue weighted by molar-refractivity contribution is 5.85. The van der Waals surface area contributed by atoms with Crippen LogP contribution in [-0.2, 0) is 4.79 Å². The maximum Gasteiger partial charge on any atom is 0.221 e. The average molecular weight is 298 g/mol. The first-order chi connectivity index (χ1) is 7.74. The molecule has 108 valence electrons. The second-order valence-electron chi connectivity index (χ2n) is 5.22. The summed E-state index contributed by atoms with van der Waals surface area (Å²) in [6, 6.07) is 0.422. The molecule has 1 amide bonds. The van der Waals surface area contributed by atoms with E-state index in [0.29, 0.717) is 18.4 Å². The maximum atomic E-state index is 11.7. The Morgan fingerprint density at radius 3 is 2.72 bits per heavy atom. The molecule has 2 aliphatic heterocycles. The number of likely N-dealkylation sites (tertiary alicyclic amines) is 1. The number of halogens is 2. The normalized spacial score (nSPS) is 27.4. The maximum absolute atomic E-state index is 11.7. The number of carbonyl (C=O) groups is 1. The molecule has 0 radical (unpaired) electrons. The van der Waals surface area contributed by atoms with Gasteiger partial charge in [0, 0.05) is 25.6 Å². The summed E-state index contributed by atoms with van der Waals surface area (Å²) in [5.41, 5.74) is 0. The van der Waals surface area contributed by atoms with Crippen molar-refractivity contribution in [1.29, 1.82) is 0 Å². The van der Waals surface area contributed by atoms with Crippen molar-refractivity contribution >= 4 is 30.7 Å². The van der Waals surface area contributed by atoms with Crippen LogP contribution in [-0.4, -0.2) is 50.1 Å². The van der Waals surface area contributed by atoms with E-state index in [1.807, 2.05) is 0 Å². The van der Waals surface area contributed by atoms with Crippen molar-refractivity contribution in [2.24, 2.45) is 5.92 Å². The Balaban J connectivity index is 0.00000144. The molecule has 0 aromatic carbocycles. The van der Waals surface area contributed by atoms with E-state index in [0.717, 1.165) is 26.1 Å². The van der Waals surface area contributed by atoms with E-state index in [1.54, 1.807) is 0 Å². The summed E-state index contributed by atoms with van der Waals surface area (Å²) < 4.78 is 0. The first-order valence-corrected chi connectivity index (χ1v) is 6.42. The van der Waals surface area contributed by atoms with E-state index >= 15 is 0 Å². The number of hydrogen-bond donors (Lipinski definition) is 2. The van der Waals surface area contributed by atoms with Gasteiger partial charge >= 0.3 is 0 Å². The molecule has 4 nitrogen and oxygen atoms in total. The smallest absolute Gasteiger partial charge is 0.221 e. The number of nitrogens with one attached hydrogen (secondary N) is 2. The summed E-state index contributed by atoms with van der Waals surface area (Å²) >= 11 is 0. The molecule has 0 aromatic heterocycles. The third kappa shape index (κ3) is 5.74. The molecule has 18 heavy (non-hydrogen) atoms. The zero-order valence-corrected chi connectivity index (χ0v) is 12.6. The molecule has 0 saturated carbocycles. The molecule has 2 rings (SSSR count). The second-order valence-corrected chi connectivity index (χ2v) is 5.22. The van der Waals surface area contributed by atoms with E-state index in [2.05, 4.69) is 22.6 Å². The summed E-state index contributed by atoms with van der Waals surface area (Å²) in [5.74, 6) is 0.874. The predicted octanol–water partition coefficient (Wildman–Crippen LogP) is 1.04. The summed E-state index contributed by atoms with van der Waals surface area (Å²) in [6.45, 7) is 4.23. The van der Waals surface area contributed by atoms with E-state index in [-0.39, 0.29) is 30.7 Å².